The van der Waals surface area contributed by atoms with Crippen molar-refractivity contribution in [2.45, 2.75) is 33.1 Å². The zero-order valence-electron chi connectivity index (χ0n) is 12.2. The van der Waals surface area contributed by atoms with Crippen molar-refractivity contribution in [3.8, 4) is 17.6 Å². The second-order valence-corrected chi connectivity index (χ2v) is 5.06. The van der Waals surface area contributed by atoms with Crippen LogP contribution >= 0.6 is 0 Å². The highest BCUT2D eigenvalue weighted by molar-refractivity contribution is 5.48. The molecule has 2 nitrogen and oxygen atoms in total. The number of para-hydroxylation sites is 1. The lowest BCUT2D eigenvalue weighted by Gasteiger charge is -2.16. The van der Waals surface area contributed by atoms with Gasteiger partial charge in [-0.3, -0.25) is 0 Å². The highest BCUT2D eigenvalue weighted by Crippen LogP contribution is 2.33. The molecule has 0 N–H and O–H groups in total. The second kappa shape index (κ2) is 6.25. The zero-order chi connectivity index (χ0) is 14.5. The van der Waals surface area contributed by atoms with Crippen molar-refractivity contribution in [2.75, 3.05) is 0 Å². The van der Waals surface area contributed by atoms with Crippen LogP contribution in [0.15, 0.2) is 42.5 Å². The van der Waals surface area contributed by atoms with E-state index in [1.165, 1.54) is 5.56 Å². The Morgan fingerprint density at radius 2 is 1.90 bits per heavy atom. The van der Waals surface area contributed by atoms with Gasteiger partial charge in [0.2, 0.25) is 0 Å². The van der Waals surface area contributed by atoms with E-state index in [9.17, 15) is 5.26 Å². The van der Waals surface area contributed by atoms with Crippen molar-refractivity contribution in [2.24, 2.45) is 0 Å². The largest absolute Gasteiger partial charge is 0.456 e. The van der Waals surface area contributed by atoms with Gasteiger partial charge >= 0.3 is 0 Å². The molecule has 1 atom stereocenters. The van der Waals surface area contributed by atoms with Gasteiger partial charge in [0.25, 0.3) is 0 Å². The minimum atomic E-state index is 0.433. The Morgan fingerprint density at radius 3 is 2.60 bits per heavy atom. The average molecular weight is 265 g/mol. The lowest BCUT2D eigenvalue weighted by atomic mass is 9.98. The number of hydrogen-bond acceptors (Lipinski definition) is 2. The van der Waals surface area contributed by atoms with Crippen molar-refractivity contribution in [3.63, 3.8) is 0 Å². The summed E-state index contributed by atoms with van der Waals surface area (Å²) in [5.74, 6) is 1.89. The summed E-state index contributed by atoms with van der Waals surface area (Å²) in [5.41, 5.74) is 2.81. The van der Waals surface area contributed by atoms with Crippen LogP contribution in [0.2, 0.25) is 0 Å². The van der Waals surface area contributed by atoms with Crippen LogP contribution in [-0.4, -0.2) is 0 Å². The van der Waals surface area contributed by atoms with Crippen LogP contribution < -0.4 is 4.74 Å². The lowest BCUT2D eigenvalue weighted by molar-refractivity contribution is 0.468. The van der Waals surface area contributed by atoms with Gasteiger partial charge in [-0.25, -0.2) is 0 Å². The van der Waals surface area contributed by atoms with Crippen LogP contribution in [0.4, 0.5) is 0 Å². The van der Waals surface area contributed by atoms with Gasteiger partial charge in [0.1, 0.15) is 17.6 Å². The Balaban J connectivity index is 2.38. The molecule has 0 bridgehead atoms. The molecule has 0 aliphatic rings. The van der Waals surface area contributed by atoms with Gasteiger partial charge in [0.05, 0.1) is 5.56 Å². The summed E-state index contributed by atoms with van der Waals surface area (Å²) in [5, 5.41) is 9.22. The van der Waals surface area contributed by atoms with Gasteiger partial charge in [0, 0.05) is 0 Å². The van der Waals surface area contributed by atoms with Crippen molar-refractivity contribution in [1.29, 1.82) is 5.26 Å². The monoisotopic (exact) mass is 265 g/mol. The molecule has 2 rings (SSSR count). The first kappa shape index (κ1) is 14.1. The van der Waals surface area contributed by atoms with Crippen LogP contribution in [0.1, 0.15) is 42.9 Å². The highest BCUT2D eigenvalue weighted by Gasteiger charge is 2.12. The molecule has 0 fully saturated rings. The maximum atomic E-state index is 9.22. The van der Waals surface area contributed by atoms with Crippen LogP contribution in [0.25, 0.3) is 0 Å². The fourth-order valence-corrected chi connectivity index (χ4v) is 2.14. The number of nitrogens with zero attached hydrogens (tertiary/aromatic N) is 1. The summed E-state index contributed by atoms with van der Waals surface area (Å²) < 4.78 is 5.99. The standard InChI is InChI=1S/C18H19NO/c1-4-14(3)16-7-5-6-8-18(16)20-17-10-9-13(2)11-15(17)12-19/h5-11,14H,4H2,1-3H3. The van der Waals surface area contributed by atoms with Crippen LogP contribution in [0, 0.1) is 18.3 Å². The first-order valence-electron chi connectivity index (χ1n) is 6.93. The predicted molar refractivity (Wildman–Crippen MR) is 81.1 cm³/mol. The maximum Gasteiger partial charge on any atom is 0.145 e. The quantitative estimate of drug-likeness (QED) is 0.763. The van der Waals surface area contributed by atoms with Crippen LogP contribution in [-0.2, 0) is 0 Å². The molecule has 2 aromatic carbocycles. The summed E-state index contributed by atoms with van der Waals surface area (Å²) in [6.45, 7) is 6.31. The van der Waals surface area contributed by atoms with E-state index in [-0.39, 0.29) is 0 Å². The average Bonchev–Trinajstić information content (AvgIpc) is 2.48. The minimum Gasteiger partial charge on any atom is -0.456 e. The second-order valence-electron chi connectivity index (χ2n) is 5.06. The third-order valence-electron chi connectivity index (χ3n) is 3.54. The van der Waals surface area contributed by atoms with Gasteiger partial charge in [-0.1, -0.05) is 38.1 Å². The van der Waals surface area contributed by atoms with E-state index in [2.05, 4.69) is 26.0 Å². The van der Waals surface area contributed by atoms with E-state index >= 15 is 0 Å². The smallest absolute Gasteiger partial charge is 0.145 e. The summed E-state index contributed by atoms with van der Waals surface area (Å²) >= 11 is 0. The van der Waals surface area contributed by atoms with Gasteiger partial charge in [-0.2, -0.15) is 5.26 Å². The number of nitriles is 1. The molecule has 20 heavy (non-hydrogen) atoms. The van der Waals surface area contributed by atoms with Gasteiger partial charge in [-0.05, 0) is 48.6 Å². The Bertz CT molecular complexity index is 640. The summed E-state index contributed by atoms with van der Waals surface area (Å²) in [4.78, 5) is 0. The van der Waals surface area contributed by atoms with E-state index < -0.39 is 0 Å². The normalized spacial score (nSPS) is 11.7. The predicted octanol–water partition coefficient (Wildman–Crippen LogP) is 5.17. The van der Waals surface area contributed by atoms with Gasteiger partial charge in [0.15, 0.2) is 0 Å². The number of ether oxygens (including phenoxy) is 1. The Labute approximate surface area is 120 Å². The molecule has 0 radical (unpaired) electrons. The number of rotatable bonds is 4. The zero-order valence-corrected chi connectivity index (χ0v) is 12.2. The Hall–Kier alpha value is -2.27. The van der Waals surface area contributed by atoms with Crippen LogP contribution in [0.3, 0.4) is 0 Å². The van der Waals surface area contributed by atoms with Crippen molar-refractivity contribution >= 4 is 0 Å². The summed E-state index contributed by atoms with van der Waals surface area (Å²) in [7, 11) is 0. The molecule has 2 aromatic rings. The van der Waals surface area contributed by atoms with E-state index in [1.807, 2.05) is 43.3 Å². The number of aryl methyl sites for hydroxylation is 1. The molecule has 0 saturated heterocycles. The Kier molecular flexibility index (Phi) is 4.42. The number of hydrogen-bond donors (Lipinski definition) is 0. The summed E-state index contributed by atoms with van der Waals surface area (Å²) in [6.07, 6.45) is 1.05. The van der Waals surface area contributed by atoms with E-state index in [0.717, 1.165) is 17.7 Å². The molecule has 0 spiro atoms. The number of benzene rings is 2. The SMILES string of the molecule is CCC(C)c1ccccc1Oc1ccc(C)cc1C#N. The minimum absolute atomic E-state index is 0.433. The third kappa shape index (κ3) is 3.00. The van der Waals surface area contributed by atoms with Gasteiger partial charge in [-0.15, -0.1) is 0 Å². The molecular formula is C18H19NO. The molecule has 102 valence electrons. The van der Waals surface area contributed by atoms with Gasteiger partial charge < -0.3 is 4.74 Å². The molecule has 1 unspecified atom stereocenters. The van der Waals surface area contributed by atoms with Crippen molar-refractivity contribution < 1.29 is 4.74 Å². The fraction of sp³-hybridized carbons (Fsp3) is 0.278. The highest BCUT2D eigenvalue weighted by atomic mass is 16.5. The maximum absolute atomic E-state index is 9.22. The molecule has 0 aliphatic heterocycles. The molecule has 0 saturated carbocycles. The molecule has 0 heterocycles. The fourth-order valence-electron chi connectivity index (χ4n) is 2.14. The van der Waals surface area contributed by atoms with Crippen molar-refractivity contribution in [3.05, 3.63) is 59.2 Å². The third-order valence-corrected chi connectivity index (χ3v) is 3.54. The van der Waals surface area contributed by atoms with E-state index in [4.69, 9.17) is 4.74 Å². The molecular weight excluding hydrogens is 246 g/mol. The van der Waals surface area contributed by atoms with Crippen molar-refractivity contribution in [1.82, 2.24) is 0 Å². The first-order chi connectivity index (χ1) is 9.65. The topological polar surface area (TPSA) is 33.0 Å². The van der Waals surface area contributed by atoms with Crippen LogP contribution in [0.5, 0.6) is 11.5 Å². The molecule has 0 amide bonds. The summed E-state index contributed by atoms with van der Waals surface area (Å²) in [6, 6.07) is 15.9. The molecule has 0 aromatic heterocycles. The first-order valence-corrected chi connectivity index (χ1v) is 6.93. The molecule has 2 heteroatoms. The lowest BCUT2D eigenvalue weighted by Crippen LogP contribution is -1.97. The molecule has 0 aliphatic carbocycles. The van der Waals surface area contributed by atoms with E-state index in [1.54, 1.807) is 0 Å². The Morgan fingerprint density at radius 1 is 1.15 bits per heavy atom. The van der Waals surface area contributed by atoms with E-state index in [0.29, 0.717) is 17.2 Å².